The molecule has 26 heavy (non-hydrogen) atoms. The molecular formula is C19H13ClFN5. The zero-order chi connectivity index (χ0) is 18.1. The molecule has 5 nitrogen and oxygen atoms in total. The second kappa shape index (κ2) is 6.65. The van der Waals surface area contributed by atoms with Crippen LogP contribution < -0.4 is 5.32 Å². The highest BCUT2D eigenvalue weighted by atomic mass is 35.5. The van der Waals surface area contributed by atoms with Crippen molar-refractivity contribution >= 4 is 28.3 Å². The highest BCUT2D eigenvalue weighted by Crippen LogP contribution is 2.30. The standard InChI is InChI=1S/C19H13ClFN5/c1-22-18-13-4-2-12(11-3-5-14(20)15(21)8-11)9-16(13)25-19(26-18)17-10-23-6-7-24-17/h2-10H,1H3,(H,22,25,26). The van der Waals surface area contributed by atoms with Crippen molar-refractivity contribution in [2.45, 2.75) is 0 Å². The van der Waals surface area contributed by atoms with Crippen molar-refractivity contribution in [1.29, 1.82) is 0 Å². The monoisotopic (exact) mass is 365 g/mol. The number of rotatable bonds is 3. The number of halogens is 2. The Bertz CT molecular complexity index is 1100. The quantitative estimate of drug-likeness (QED) is 0.575. The lowest BCUT2D eigenvalue weighted by atomic mass is 10.0. The van der Waals surface area contributed by atoms with Crippen molar-refractivity contribution in [3.63, 3.8) is 0 Å². The number of nitrogens with one attached hydrogen (secondary N) is 1. The van der Waals surface area contributed by atoms with Gasteiger partial charge in [-0.25, -0.2) is 19.3 Å². The number of nitrogens with zero attached hydrogens (tertiary/aromatic N) is 4. The predicted molar refractivity (Wildman–Crippen MR) is 101 cm³/mol. The molecule has 0 bridgehead atoms. The van der Waals surface area contributed by atoms with Crippen LogP contribution in [0, 0.1) is 5.82 Å². The molecule has 0 spiro atoms. The van der Waals surface area contributed by atoms with Gasteiger partial charge in [0, 0.05) is 24.8 Å². The smallest absolute Gasteiger partial charge is 0.182 e. The molecule has 0 saturated heterocycles. The van der Waals surface area contributed by atoms with Gasteiger partial charge in [0.05, 0.1) is 16.7 Å². The Kier molecular flexibility index (Phi) is 4.18. The molecule has 0 saturated carbocycles. The van der Waals surface area contributed by atoms with Crippen LogP contribution in [0.1, 0.15) is 0 Å². The Balaban J connectivity index is 1.90. The lowest BCUT2D eigenvalue weighted by Crippen LogP contribution is -2.00. The number of aromatic nitrogens is 4. The van der Waals surface area contributed by atoms with E-state index in [-0.39, 0.29) is 5.02 Å². The Labute approximate surface area is 153 Å². The molecule has 2 aromatic carbocycles. The minimum Gasteiger partial charge on any atom is -0.373 e. The van der Waals surface area contributed by atoms with Gasteiger partial charge in [0.2, 0.25) is 0 Å². The molecule has 128 valence electrons. The van der Waals surface area contributed by atoms with Crippen molar-refractivity contribution in [3.8, 4) is 22.6 Å². The third kappa shape index (κ3) is 2.95. The van der Waals surface area contributed by atoms with E-state index < -0.39 is 5.82 Å². The van der Waals surface area contributed by atoms with Crippen molar-refractivity contribution < 1.29 is 4.39 Å². The number of anilines is 1. The first-order valence-electron chi connectivity index (χ1n) is 7.87. The molecule has 0 aliphatic carbocycles. The van der Waals surface area contributed by atoms with Crippen molar-refractivity contribution in [2.75, 3.05) is 12.4 Å². The number of hydrogen-bond acceptors (Lipinski definition) is 5. The van der Waals surface area contributed by atoms with Gasteiger partial charge in [-0.05, 0) is 35.4 Å². The fourth-order valence-corrected chi connectivity index (χ4v) is 2.82. The number of fused-ring (bicyclic) bond motifs is 1. The molecule has 0 amide bonds. The van der Waals surface area contributed by atoms with Crippen LogP contribution in [0.15, 0.2) is 55.0 Å². The van der Waals surface area contributed by atoms with Crippen molar-refractivity contribution in [2.24, 2.45) is 0 Å². The second-order valence-corrected chi connectivity index (χ2v) is 6.00. The van der Waals surface area contributed by atoms with Gasteiger partial charge in [-0.15, -0.1) is 0 Å². The summed E-state index contributed by atoms with van der Waals surface area (Å²) in [5, 5.41) is 4.04. The highest BCUT2D eigenvalue weighted by Gasteiger charge is 2.11. The largest absolute Gasteiger partial charge is 0.373 e. The molecule has 0 aliphatic rings. The first-order valence-corrected chi connectivity index (χ1v) is 8.25. The van der Waals surface area contributed by atoms with E-state index in [1.54, 1.807) is 37.8 Å². The predicted octanol–water partition coefficient (Wildman–Crippen LogP) is 4.59. The van der Waals surface area contributed by atoms with E-state index in [9.17, 15) is 4.39 Å². The fraction of sp³-hybridized carbons (Fsp3) is 0.0526. The van der Waals surface area contributed by atoms with Crippen LogP contribution in [0.2, 0.25) is 5.02 Å². The third-order valence-electron chi connectivity index (χ3n) is 3.98. The molecular weight excluding hydrogens is 353 g/mol. The maximum absolute atomic E-state index is 13.8. The lowest BCUT2D eigenvalue weighted by Gasteiger charge is -2.10. The van der Waals surface area contributed by atoms with Gasteiger partial charge < -0.3 is 5.32 Å². The van der Waals surface area contributed by atoms with Gasteiger partial charge in [-0.3, -0.25) is 4.98 Å². The summed E-state index contributed by atoms with van der Waals surface area (Å²) in [5.41, 5.74) is 2.85. The Morgan fingerprint density at radius 2 is 1.81 bits per heavy atom. The van der Waals surface area contributed by atoms with Crippen LogP contribution in [0.25, 0.3) is 33.5 Å². The summed E-state index contributed by atoms with van der Waals surface area (Å²) in [4.78, 5) is 17.4. The zero-order valence-corrected chi connectivity index (χ0v) is 14.5. The van der Waals surface area contributed by atoms with E-state index in [0.717, 1.165) is 22.0 Å². The molecule has 2 aromatic heterocycles. The van der Waals surface area contributed by atoms with E-state index in [4.69, 9.17) is 11.6 Å². The maximum atomic E-state index is 13.8. The maximum Gasteiger partial charge on any atom is 0.182 e. The molecule has 4 aromatic rings. The van der Waals surface area contributed by atoms with Crippen LogP contribution in [0.5, 0.6) is 0 Å². The summed E-state index contributed by atoms with van der Waals surface area (Å²) in [5.74, 6) is 0.696. The van der Waals surface area contributed by atoms with Crippen LogP contribution >= 0.6 is 11.6 Å². The van der Waals surface area contributed by atoms with Gasteiger partial charge in [0.1, 0.15) is 17.3 Å². The Hall–Kier alpha value is -3.12. The minimum atomic E-state index is -0.455. The summed E-state index contributed by atoms with van der Waals surface area (Å²) in [7, 11) is 1.80. The minimum absolute atomic E-state index is 0.0965. The molecule has 0 fully saturated rings. The third-order valence-corrected chi connectivity index (χ3v) is 4.29. The van der Waals surface area contributed by atoms with Crippen LogP contribution in [-0.4, -0.2) is 27.0 Å². The normalized spacial score (nSPS) is 10.9. The number of hydrogen-bond donors (Lipinski definition) is 1. The van der Waals surface area contributed by atoms with Crippen LogP contribution in [0.4, 0.5) is 10.2 Å². The fourth-order valence-electron chi connectivity index (χ4n) is 2.70. The molecule has 1 N–H and O–H groups in total. The summed E-state index contributed by atoms with van der Waals surface area (Å²) < 4.78 is 13.8. The first kappa shape index (κ1) is 16.4. The molecule has 0 unspecified atom stereocenters. The van der Waals surface area contributed by atoms with E-state index in [2.05, 4.69) is 25.3 Å². The van der Waals surface area contributed by atoms with Crippen molar-refractivity contribution in [1.82, 2.24) is 19.9 Å². The second-order valence-electron chi connectivity index (χ2n) is 5.60. The summed E-state index contributed by atoms with van der Waals surface area (Å²) >= 11 is 5.77. The van der Waals surface area contributed by atoms with Gasteiger partial charge >= 0.3 is 0 Å². The average Bonchev–Trinajstić information content (AvgIpc) is 2.69. The lowest BCUT2D eigenvalue weighted by molar-refractivity contribution is 0.629. The van der Waals surface area contributed by atoms with E-state index in [1.165, 1.54) is 6.07 Å². The van der Waals surface area contributed by atoms with Crippen LogP contribution in [-0.2, 0) is 0 Å². The Morgan fingerprint density at radius 3 is 2.54 bits per heavy atom. The molecule has 0 radical (unpaired) electrons. The van der Waals surface area contributed by atoms with E-state index in [1.807, 2.05) is 18.2 Å². The SMILES string of the molecule is CNc1nc(-c2cnccn2)nc2cc(-c3ccc(Cl)c(F)c3)ccc12. The highest BCUT2D eigenvalue weighted by molar-refractivity contribution is 6.30. The Morgan fingerprint density at radius 1 is 1.00 bits per heavy atom. The molecule has 2 heterocycles. The summed E-state index contributed by atoms with van der Waals surface area (Å²) in [6.07, 6.45) is 4.80. The van der Waals surface area contributed by atoms with Gasteiger partial charge in [-0.2, -0.15) is 0 Å². The van der Waals surface area contributed by atoms with Crippen LogP contribution in [0.3, 0.4) is 0 Å². The summed E-state index contributed by atoms with van der Waals surface area (Å²) in [6, 6.07) is 10.4. The number of benzene rings is 2. The van der Waals surface area contributed by atoms with E-state index >= 15 is 0 Å². The van der Waals surface area contributed by atoms with E-state index in [0.29, 0.717) is 17.3 Å². The molecule has 0 aliphatic heterocycles. The first-order chi connectivity index (χ1) is 12.7. The molecule has 7 heteroatoms. The molecule has 4 rings (SSSR count). The van der Waals surface area contributed by atoms with Gasteiger partial charge in [0.25, 0.3) is 0 Å². The van der Waals surface area contributed by atoms with Gasteiger partial charge in [-0.1, -0.05) is 23.7 Å². The van der Waals surface area contributed by atoms with Crippen molar-refractivity contribution in [3.05, 3.63) is 65.8 Å². The zero-order valence-electron chi connectivity index (χ0n) is 13.7. The topological polar surface area (TPSA) is 63.6 Å². The summed E-state index contributed by atoms with van der Waals surface area (Å²) in [6.45, 7) is 0. The molecule has 0 atom stereocenters. The van der Waals surface area contributed by atoms with Gasteiger partial charge in [0.15, 0.2) is 5.82 Å². The average molecular weight is 366 g/mol.